The van der Waals surface area contributed by atoms with Crippen molar-refractivity contribution in [1.29, 1.82) is 26.3 Å². The van der Waals surface area contributed by atoms with Gasteiger partial charge in [0.2, 0.25) is 0 Å². The van der Waals surface area contributed by atoms with Gasteiger partial charge in [-0.3, -0.25) is 0 Å². The van der Waals surface area contributed by atoms with E-state index in [2.05, 4.69) is 0 Å². The van der Waals surface area contributed by atoms with Crippen LogP contribution in [-0.4, -0.2) is 51.4 Å². The third kappa shape index (κ3) is 5610. The van der Waals surface area contributed by atoms with Crippen LogP contribution >= 0.6 is 0 Å². The zero-order valence-electron chi connectivity index (χ0n) is 6.80. The van der Waals surface area contributed by atoms with E-state index in [1.165, 1.54) is 0 Å². The van der Waals surface area contributed by atoms with Crippen molar-refractivity contribution in [2.24, 2.45) is 0 Å². The van der Waals surface area contributed by atoms with Crippen LogP contribution in [0, 0.1) is 59.2 Å². The van der Waals surface area contributed by atoms with Crippen LogP contribution in [0.25, 0.3) is 0 Å². The predicted octanol–water partition coefficient (Wildman–Crippen LogP) is 0.507. The van der Waals surface area contributed by atoms with Crippen LogP contribution in [0.3, 0.4) is 0 Å². The Kier molecular flexibility index (Phi) is 42500. The average molecular weight is 244 g/mol. The van der Waals surface area contributed by atoms with E-state index >= 15 is 0 Å². The molecular formula is C5H5FeKN6. The molecule has 0 amide bonds. The summed E-state index contributed by atoms with van der Waals surface area (Å²) < 4.78 is 0. The van der Waals surface area contributed by atoms with E-state index in [9.17, 15) is 0 Å². The van der Waals surface area contributed by atoms with Crippen LogP contribution in [0.15, 0.2) is 0 Å². The molecule has 0 aliphatic rings. The van der Waals surface area contributed by atoms with Gasteiger partial charge < -0.3 is 6.15 Å². The van der Waals surface area contributed by atoms with Gasteiger partial charge in [-0.25, -0.2) is 0 Å². The van der Waals surface area contributed by atoms with Crippen molar-refractivity contribution in [2.45, 2.75) is 0 Å². The largest absolute Gasteiger partial charge is 0.344 e. The standard InChI is InChI=1S/5CN.Fe.K.H3N.H2/c5*1-2;;;;/h;;;;;;;1H3;1H. The quantitative estimate of drug-likeness (QED) is 0.612. The Bertz CT molecular complexity index is 84.8. The minimum absolute atomic E-state index is 0. The molecule has 13 heavy (non-hydrogen) atoms. The number of nitrogens with zero attached hydrogens (tertiary/aromatic N) is 5. The van der Waals surface area contributed by atoms with E-state index in [-0.39, 0.29) is 76.0 Å². The molecule has 0 aromatic carbocycles. The van der Waals surface area contributed by atoms with Gasteiger partial charge in [-0.15, -0.1) is 0 Å². The summed E-state index contributed by atoms with van der Waals surface area (Å²) in [4.78, 5) is 0. The maximum Gasteiger partial charge on any atom is 0.181 e. The first-order chi connectivity index (χ1) is 5.00. The Morgan fingerprint density at radius 3 is 0.538 bits per heavy atom. The van der Waals surface area contributed by atoms with Crippen LogP contribution in [0.1, 0.15) is 1.43 Å². The van der Waals surface area contributed by atoms with Gasteiger partial charge in [0.25, 0.3) is 0 Å². The molecule has 6 nitrogen and oxygen atoms in total. The van der Waals surface area contributed by atoms with Crippen LogP contribution in [0.5, 0.6) is 0 Å². The zero-order chi connectivity index (χ0) is 10.0. The SMILES string of the molecule is N.[C]#N.[C]#N.[C]#N.[C]#N.[C]#N.[Fe].[HH].[K]. The molecule has 0 saturated heterocycles. The molecule has 6 radical (unpaired) electrons. The van der Waals surface area contributed by atoms with Gasteiger partial charge in [0.15, 0.2) is 32.9 Å². The third-order valence-electron chi connectivity index (χ3n) is 0. The summed E-state index contributed by atoms with van der Waals surface area (Å²) in [6, 6.07) is 0. The van der Waals surface area contributed by atoms with Crippen molar-refractivity contribution in [3.8, 4) is 0 Å². The number of hydrogen-bond acceptors (Lipinski definition) is 6. The van der Waals surface area contributed by atoms with Crippen molar-refractivity contribution in [2.75, 3.05) is 0 Å². The molecule has 0 aromatic rings. The van der Waals surface area contributed by atoms with E-state index < -0.39 is 0 Å². The normalized spacial score (nSPS) is 0.769. The minimum atomic E-state index is 0. The minimum Gasteiger partial charge on any atom is -0.344 e. The predicted molar refractivity (Wildman–Crippen MR) is 37.7 cm³/mol. The summed E-state index contributed by atoms with van der Waals surface area (Å²) in [7, 11) is 0. The summed E-state index contributed by atoms with van der Waals surface area (Å²) in [5, 5.41) is 31.2. The summed E-state index contributed by atoms with van der Waals surface area (Å²) in [5.74, 6) is 0. The first-order valence-corrected chi connectivity index (χ1v) is 1.12. The van der Waals surface area contributed by atoms with Gasteiger partial charge in [0.05, 0.1) is 0 Å². The second-order valence-electron chi connectivity index (χ2n) is 0. The van der Waals surface area contributed by atoms with Crippen molar-refractivity contribution in [1.82, 2.24) is 6.15 Å². The Labute approximate surface area is 133 Å². The number of hydrogen-bond donors (Lipinski definition) is 1. The van der Waals surface area contributed by atoms with Gasteiger partial charge >= 0.3 is 0 Å². The molecule has 0 fully saturated rings. The molecule has 0 heterocycles. The van der Waals surface area contributed by atoms with Gasteiger partial charge in [-0.05, 0) is 0 Å². The van der Waals surface area contributed by atoms with Crippen LogP contribution < -0.4 is 6.15 Å². The van der Waals surface area contributed by atoms with Gasteiger partial charge in [-0.2, -0.15) is 26.3 Å². The smallest absolute Gasteiger partial charge is 0.181 e. The third-order valence-corrected chi connectivity index (χ3v) is 0. The summed E-state index contributed by atoms with van der Waals surface area (Å²) in [5.41, 5.74) is 0. The zero-order valence-corrected chi connectivity index (χ0v) is 11.0. The fourth-order valence-electron chi connectivity index (χ4n) is 0. The summed E-state index contributed by atoms with van der Waals surface area (Å²) >= 11 is 0. The summed E-state index contributed by atoms with van der Waals surface area (Å²) in [6.07, 6.45) is 0. The molecule has 0 bridgehead atoms. The summed E-state index contributed by atoms with van der Waals surface area (Å²) in [6.45, 7) is 23.8. The maximum absolute atomic E-state index is 6.25. The van der Waals surface area contributed by atoms with Gasteiger partial charge in [0, 0.05) is 69.9 Å². The monoisotopic (exact) mass is 244 g/mol. The molecule has 0 aliphatic carbocycles. The Morgan fingerprint density at radius 1 is 0.538 bits per heavy atom. The fourth-order valence-corrected chi connectivity index (χ4v) is 0. The van der Waals surface area contributed by atoms with E-state index in [4.69, 9.17) is 59.2 Å². The topological polar surface area (TPSA) is 154 Å². The van der Waals surface area contributed by atoms with Gasteiger partial charge in [-0.1, -0.05) is 0 Å². The average Bonchev–Trinajstić information content (AvgIpc) is 2.20. The molecular weight excluding hydrogens is 239 g/mol. The van der Waals surface area contributed by atoms with Crippen LogP contribution in [0.2, 0.25) is 0 Å². The molecule has 0 saturated carbocycles. The van der Waals surface area contributed by atoms with Gasteiger partial charge in [0.1, 0.15) is 0 Å². The molecule has 0 aromatic heterocycles. The second-order valence-corrected chi connectivity index (χ2v) is 0. The fraction of sp³-hybridized carbons (Fsp3) is 0. The van der Waals surface area contributed by atoms with Crippen molar-refractivity contribution in [3.63, 3.8) is 0 Å². The molecule has 64 valence electrons. The molecule has 3 N–H and O–H groups in total. The first-order valence-electron chi connectivity index (χ1n) is 1.12. The molecule has 0 unspecified atom stereocenters. The van der Waals surface area contributed by atoms with Crippen LogP contribution in [-0.2, 0) is 17.1 Å². The van der Waals surface area contributed by atoms with E-state index in [1.807, 2.05) is 0 Å². The van der Waals surface area contributed by atoms with Crippen molar-refractivity contribution >= 4 is 51.4 Å². The van der Waals surface area contributed by atoms with E-state index in [1.54, 1.807) is 0 Å². The Morgan fingerprint density at radius 2 is 0.538 bits per heavy atom. The van der Waals surface area contributed by atoms with Crippen molar-refractivity contribution in [3.05, 3.63) is 32.9 Å². The Balaban J connectivity index is -0.00000000298. The molecule has 0 aliphatic heterocycles. The molecule has 0 spiro atoms. The van der Waals surface area contributed by atoms with Crippen LogP contribution in [0.4, 0.5) is 0 Å². The molecule has 8 heteroatoms. The maximum atomic E-state index is 6.25. The van der Waals surface area contributed by atoms with E-state index in [0.29, 0.717) is 0 Å². The molecule has 0 rings (SSSR count). The van der Waals surface area contributed by atoms with E-state index in [0.717, 1.165) is 0 Å². The number of rotatable bonds is 0. The van der Waals surface area contributed by atoms with Crippen molar-refractivity contribution < 1.29 is 18.5 Å². The Hall–Kier alpha value is -0.434. The molecule has 0 atom stereocenters. The first kappa shape index (κ1) is 80.6. The second kappa shape index (κ2) is 6850.